The van der Waals surface area contributed by atoms with Gasteiger partial charge in [0.2, 0.25) is 0 Å². The Bertz CT molecular complexity index is 498. The smallest absolute Gasteiger partial charge is 0.191 e. The van der Waals surface area contributed by atoms with Crippen molar-refractivity contribution >= 4 is 29.2 Å². The molecule has 2 N–H and O–H groups in total. The van der Waals surface area contributed by atoms with E-state index in [1.165, 1.54) is 5.56 Å². The molecule has 2 unspecified atom stereocenters. The van der Waals surface area contributed by atoms with Crippen molar-refractivity contribution in [2.24, 2.45) is 16.6 Å². The molecule has 1 saturated carbocycles. The van der Waals surface area contributed by atoms with Gasteiger partial charge < -0.3 is 10.6 Å². The molecule has 3 nitrogen and oxygen atoms in total. The Labute approximate surface area is 130 Å². The molecule has 0 radical (unpaired) electrons. The molecule has 110 valence electrons. The van der Waals surface area contributed by atoms with Gasteiger partial charge in [0, 0.05) is 29.7 Å². The highest BCUT2D eigenvalue weighted by Gasteiger charge is 2.39. The van der Waals surface area contributed by atoms with Gasteiger partial charge in [0.25, 0.3) is 0 Å². The quantitative estimate of drug-likeness (QED) is 0.664. The van der Waals surface area contributed by atoms with E-state index in [9.17, 15) is 0 Å². The van der Waals surface area contributed by atoms with Crippen LogP contribution in [0.5, 0.6) is 0 Å². The fraction of sp³-hybridized carbons (Fsp3) is 0.533. The Hall–Kier alpha value is -0.930. The van der Waals surface area contributed by atoms with E-state index in [0.717, 1.165) is 31.1 Å². The molecule has 20 heavy (non-hydrogen) atoms. The van der Waals surface area contributed by atoms with Crippen molar-refractivity contribution in [1.82, 2.24) is 4.90 Å². The van der Waals surface area contributed by atoms with Gasteiger partial charge in [-0.05, 0) is 49.8 Å². The number of halogens is 2. The first-order valence-corrected chi connectivity index (χ1v) is 7.82. The third-order valence-corrected chi connectivity index (χ3v) is 4.42. The Kier molecular flexibility index (Phi) is 5.17. The van der Waals surface area contributed by atoms with E-state index in [2.05, 4.69) is 23.7 Å². The van der Waals surface area contributed by atoms with Gasteiger partial charge in [0.05, 0.1) is 0 Å². The molecule has 0 spiro atoms. The van der Waals surface area contributed by atoms with Crippen molar-refractivity contribution in [2.75, 3.05) is 19.6 Å². The third-order valence-electron chi connectivity index (χ3n) is 3.86. The van der Waals surface area contributed by atoms with Gasteiger partial charge >= 0.3 is 0 Å². The molecule has 1 fully saturated rings. The molecule has 0 aromatic heterocycles. The summed E-state index contributed by atoms with van der Waals surface area (Å²) < 4.78 is 0. The maximum absolute atomic E-state index is 6.23. The second-order valence-corrected chi connectivity index (χ2v) is 5.98. The maximum atomic E-state index is 6.23. The van der Waals surface area contributed by atoms with E-state index in [0.29, 0.717) is 22.8 Å². The Balaban J connectivity index is 1.94. The summed E-state index contributed by atoms with van der Waals surface area (Å²) in [5, 5.41) is 1.44. The summed E-state index contributed by atoms with van der Waals surface area (Å²) in [6.07, 6.45) is 1.12. The van der Waals surface area contributed by atoms with Crippen LogP contribution in [0.15, 0.2) is 23.2 Å². The van der Waals surface area contributed by atoms with Crippen molar-refractivity contribution in [3.05, 3.63) is 33.8 Å². The van der Waals surface area contributed by atoms with Crippen molar-refractivity contribution < 1.29 is 0 Å². The predicted octanol–water partition coefficient (Wildman–Crippen LogP) is 3.75. The van der Waals surface area contributed by atoms with E-state index < -0.39 is 0 Å². The molecule has 1 aliphatic rings. The summed E-state index contributed by atoms with van der Waals surface area (Å²) >= 11 is 12.2. The highest BCUT2D eigenvalue weighted by molar-refractivity contribution is 6.35. The number of nitrogens with zero attached hydrogens (tertiary/aromatic N) is 2. The van der Waals surface area contributed by atoms with Crippen molar-refractivity contribution in [2.45, 2.75) is 26.2 Å². The molecule has 0 heterocycles. The molecule has 0 amide bonds. The van der Waals surface area contributed by atoms with Gasteiger partial charge in [0.15, 0.2) is 5.96 Å². The number of nitrogens with two attached hydrogens (primary N) is 1. The average molecular weight is 314 g/mol. The van der Waals surface area contributed by atoms with Crippen LogP contribution in [0.3, 0.4) is 0 Å². The van der Waals surface area contributed by atoms with Crippen molar-refractivity contribution in [3.8, 4) is 0 Å². The van der Waals surface area contributed by atoms with E-state index in [-0.39, 0.29) is 0 Å². The second kappa shape index (κ2) is 6.68. The molecule has 2 atom stereocenters. The molecular formula is C15H21Cl2N3. The molecule has 5 heteroatoms. The molecule has 0 bridgehead atoms. The lowest BCUT2D eigenvalue weighted by Gasteiger charge is -2.19. The number of hydrogen-bond donors (Lipinski definition) is 1. The Morgan fingerprint density at radius 1 is 1.35 bits per heavy atom. The SMILES string of the molecule is CCN(CC)C(N)=NCC1CC1c1ccc(Cl)cc1Cl. The summed E-state index contributed by atoms with van der Waals surface area (Å²) in [6, 6.07) is 5.72. The molecule has 2 rings (SSSR count). The van der Waals surface area contributed by atoms with Gasteiger partial charge in [-0.1, -0.05) is 29.3 Å². The van der Waals surface area contributed by atoms with Crippen LogP contribution in [0, 0.1) is 5.92 Å². The number of guanidine groups is 1. The Morgan fingerprint density at radius 2 is 2.05 bits per heavy atom. The van der Waals surface area contributed by atoms with Crippen LogP contribution in [0.2, 0.25) is 10.0 Å². The highest BCUT2D eigenvalue weighted by Crippen LogP contribution is 2.50. The first-order chi connectivity index (χ1) is 9.56. The van der Waals surface area contributed by atoms with Crippen LogP contribution in [0.25, 0.3) is 0 Å². The molecule has 0 saturated heterocycles. The summed E-state index contributed by atoms with van der Waals surface area (Å²) in [4.78, 5) is 6.56. The zero-order chi connectivity index (χ0) is 14.7. The van der Waals surface area contributed by atoms with Gasteiger partial charge in [-0.3, -0.25) is 4.99 Å². The molecule has 0 aliphatic heterocycles. The normalized spacial score (nSPS) is 21.9. The number of aliphatic imine (C=N–C) groups is 1. The van der Waals surface area contributed by atoms with Crippen LogP contribution in [0.4, 0.5) is 0 Å². The second-order valence-electron chi connectivity index (χ2n) is 5.14. The first-order valence-electron chi connectivity index (χ1n) is 7.06. The fourth-order valence-electron chi connectivity index (χ4n) is 2.49. The third kappa shape index (κ3) is 3.58. The summed E-state index contributed by atoms with van der Waals surface area (Å²) in [5.41, 5.74) is 7.16. The summed E-state index contributed by atoms with van der Waals surface area (Å²) in [5.74, 6) is 1.68. The minimum Gasteiger partial charge on any atom is -0.370 e. The first kappa shape index (κ1) is 15.5. The minimum absolute atomic E-state index is 0.494. The van der Waals surface area contributed by atoms with Gasteiger partial charge in [-0.15, -0.1) is 0 Å². The van der Waals surface area contributed by atoms with E-state index >= 15 is 0 Å². The standard InChI is InChI=1S/C15H21Cl2N3/c1-3-20(4-2)15(18)19-9-10-7-13(10)12-6-5-11(16)8-14(12)17/h5-6,8,10,13H,3-4,7,9H2,1-2H3,(H2,18,19). The van der Waals surface area contributed by atoms with Crippen LogP contribution in [0.1, 0.15) is 31.7 Å². The topological polar surface area (TPSA) is 41.6 Å². The molecule has 1 aromatic carbocycles. The number of hydrogen-bond acceptors (Lipinski definition) is 1. The van der Waals surface area contributed by atoms with E-state index in [1.54, 1.807) is 6.07 Å². The summed E-state index contributed by atoms with van der Waals surface area (Å²) in [7, 11) is 0. The van der Waals surface area contributed by atoms with E-state index in [1.807, 2.05) is 12.1 Å². The molecule has 1 aromatic rings. The maximum Gasteiger partial charge on any atom is 0.191 e. The van der Waals surface area contributed by atoms with Gasteiger partial charge in [0.1, 0.15) is 0 Å². The number of benzene rings is 1. The van der Waals surface area contributed by atoms with Crippen molar-refractivity contribution in [1.29, 1.82) is 0 Å². The zero-order valence-corrected chi connectivity index (χ0v) is 13.5. The van der Waals surface area contributed by atoms with Crippen LogP contribution < -0.4 is 5.73 Å². The van der Waals surface area contributed by atoms with Gasteiger partial charge in [-0.25, -0.2) is 0 Å². The van der Waals surface area contributed by atoms with Crippen LogP contribution >= 0.6 is 23.2 Å². The highest BCUT2D eigenvalue weighted by atomic mass is 35.5. The van der Waals surface area contributed by atoms with Gasteiger partial charge in [-0.2, -0.15) is 0 Å². The lowest BCUT2D eigenvalue weighted by Crippen LogP contribution is -2.37. The Morgan fingerprint density at radius 3 is 2.65 bits per heavy atom. The average Bonchev–Trinajstić information content (AvgIpc) is 3.17. The molecular weight excluding hydrogens is 293 g/mol. The lowest BCUT2D eigenvalue weighted by molar-refractivity contribution is 0.457. The summed E-state index contributed by atoms with van der Waals surface area (Å²) in [6.45, 7) is 6.72. The largest absolute Gasteiger partial charge is 0.370 e. The number of rotatable bonds is 5. The molecule has 1 aliphatic carbocycles. The fourth-order valence-corrected chi connectivity index (χ4v) is 3.04. The van der Waals surface area contributed by atoms with Crippen LogP contribution in [-0.2, 0) is 0 Å². The van der Waals surface area contributed by atoms with Crippen LogP contribution in [-0.4, -0.2) is 30.5 Å². The minimum atomic E-state index is 0.494. The predicted molar refractivity (Wildman–Crippen MR) is 86.7 cm³/mol. The van der Waals surface area contributed by atoms with E-state index in [4.69, 9.17) is 28.9 Å². The monoisotopic (exact) mass is 313 g/mol. The van der Waals surface area contributed by atoms with Crippen molar-refractivity contribution in [3.63, 3.8) is 0 Å². The zero-order valence-electron chi connectivity index (χ0n) is 11.9. The lowest BCUT2D eigenvalue weighted by atomic mass is 10.1.